The van der Waals surface area contributed by atoms with Gasteiger partial charge in [-0.2, -0.15) is 0 Å². The van der Waals surface area contributed by atoms with E-state index in [-0.39, 0.29) is 24.8 Å². The van der Waals surface area contributed by atoms with Crippen molar-refractivity contribution in [2.24, 2.45) is 0 Å². The molecule has 1 atom stereocenters. The van der Waals surface area contributed by atoms with Crippen LogP contribution in [0.15, 0.2) is 16.6 Å². The monoisotopic (exact) mass is 384 g/mol. The lowest BCUT2D eigenvalue weighted by Crippen LogP contribution is -2.45. The van der Waals surface area contributed by atoms with Crippen LogP contribution in [0.1, 0.15) is 30.5 Å². The van der Waals surface area contributed by atoms with Crippen LogP contribution in [0.3, 0.4) is 0 Å². The second-order valence-corrected chi connectivity index (χ2v) is 5.79. The quantitative estimate of drug-likeness (QED) is 0.833. The van der Waals surface area contributed by atoms with Gasteiger partial charge in [0.15, 0.2) is 0 Å². The van der Waals surface area contributed by atoms with Crippen molar-refractivity contribution >= 4 is 40.7 Å². The summed E-state index contributed by atoms with van der Waals surface area (Å²) >= 11 is 3.53. The molecule has 2 rings (SSSR count). The largest absolute Gasteiger partial charge is 0.507 e. The Balaban J connectivity index is 0.00000180. The number of benzene rings is 1. The maximum absolute atomic E-state index is 10.3. The molecule has 0 spiro atoms. The Morgan fingerprint density at radius 1 is 1.30 bits per heavy atom. The first-order chi connectivity index (χ1) is 8.63. The van der Waals surface area contributed by atoms with Crippen LogP contribution in [0.5, 0.6) is 5.75 Å². The van der Waals surface area contributed by atoms with Gasteiger partial charge in [0.2, 0.25) is 0 Å². The number of hydrogen-bond acceptors (Lipinski definition) is 3. The van der Waals surface area contributed by atoms with Crippen LogP contribution in [0.4, 0.5) is 0 Å². The first-order valence-corrected chi connectivity index (χ1v) is 7.36. The summed E-state index contributed by atoms with van der Waals surface area (Å²) in [5, 5.41) is 13.7. The summed E-state index contributed by atoms with van der Waals surface area (Å²) in [5.41, 5.74) is 1.99. The zero-order valence-electron chi connectivity index (χ0n) is 11.9. The van der Waals surface area contributed by atoms with Crippen LogP contribution >= 0.6 is 40.7 Å². The molecule has 1 aliphatic heterocycles. The summed E-state index contributed by atoms with van der Waals surface area (Å²) < 4.78 is 1.04. The van der Waals surface area contributed by atoms with Gasteiger partial charge in [-0.05, 0) is 31.0 Å². The summed E-state index contributed by atoms with van der Waals surface area (Å²) in [6, 6.07) is 4.32. The highest BCUT2D eigenvalue weighted by Crippen LogP contribution is 2.35. The fourth-order valence-corrected chi connectivity index (χ4v) is 3.27. The van der Waals surface area contributed by atoms with E-state index < -0.39 is 0 Å². The Morgan fingerprint density at radius 3 is 2.45 bits per heavy atom. The van der Waals surface area contributed by atoms with Gasteiger partial charge in [0.05, 0.1) is 0 Å². The number of nitrogens with zero attached hydrogens (tertiary/aromatic N) is 1. The van der Waals surface area contributed by atoms with Crippen molar-refractivity contribution in [1.29, 1.82) is 0 Å². The minimum atomic E-state index is 0. The molecule has 3 nitrogen and oxygen atoms in total. The van der Waals surface area contributed by atoms with E-state index in [1.54, 1.807) is 0 Å². The SMILES string of the molecule is CC[C@H](c1cc(Br)cc(C)c1O)N1CCNCC1.Cl.Cl. The average molecular weight is 386 g/mol. The van der Waals surface area contributed by atoms with Gasteiger partial charge < -0.3 is 10.4 Å². The molecular formula is C14H23BrCl2N2O. The number of hydrogen-bond donors (Lipinski definition) is 2. The molecule has 1 fully saturated rings. The van der Waals surface area contributed by atoms with Gasteiger partial charge in [0.25, 0.3) is 0 Å². The van der Waals surface area contributed by atoms with Crippen LogP contribution in [-0.2, 0) is 0 Å². The zero-order chi connectivity index (χ0) is 13.1. The highest BCUT2D eigenvalue weighted by atomic mass is 79.9. The molecule has 116 valence electrons. The number of aryl methyl sites for hydroxylation is 1. The predicted octanol–water partition coefficient (Wildman–Crippen LogP) is 3.66. The molecule has 0 amide bonds. The van der Waals surface area contributed by atoms with Gasteiger partial charge in [-0.25, -0.2) is 0 Å². The molecule has 20 heavy (non-hydrogen) atoms. The van der Waals surface area contributed by atoms with E-state index in [4.69, 9.17) is 0 Å². The minimum absolute atomic E-state index is 0. The number of aromatic hydroxyl groups is 1. The van der Waals surface area contributed by atoms with Crippen LogP contribution in [0.25, 0.3) is 0 Å². The second-order valence-electron chi connectivity index (χ2n) is 4.87. The third-order valence-electron chi connectivity index (χ3n) is 3.63. The van der Waals surface area contributed by atoms with Gasteiger partial charge in [-0.1, -0.05) is 22.9 Å². The first-order valence-electron chi connectivity index (χ1n) is 6.57. The molecule has 1 heterocycles. The number of halogens is 3. The van der Waals surface area contributed by atoms with E-state index in [9.17, 15) is 5.11 Å². The molecule has 2 N–H and O–H groups in total. The van der Waals surface area contributed by atoms with Gasteiger partial charge in [0, 0.05) is 42.3 Å². The summed E-state index contributed by atoms with van der Waals surface area (Å²) in [7, 11) is 0. The summed E-state index contributed by atoms with van der Waals surface area (Å²) in [4.78, 5) is 2.46. The van der Waals surface area contributed by atoms with E-state index in [2.05, 4.69) is 39.1 Å². The maximum atomic E-state index is 10.3. The zero-order valence-corrected chi connectivity index (χ0v) is 15.1. The topological polar surface area (TPSA) is 35.5 Å². The molecule has 1 aliphatic rings. The van der Waals surface area contributed by atoms with Gasteiger partial charge in [-0.3, -0.25) is 4.90 Å². The highest BCUT2D eigenvalue weighted by molar-refractivity contribution is 9.10. The lowest BCUT2D eigenvalue weighted by Gasteiger charge is -2.35. The smallest absolute Gasteiger partial charge is 0.123 e. The third kappa shape index (κ3) is 4.50. The van der Waals surface area contributed by atoms with Crippen molar-refractivity contribution < 1.29 is 5.11 Å². The molecular weight excluding hydrogens is 363 g/mol. The highest BCUT2D eigenvalue weighted by Gasteiger charge is 2.23. The molecule has 1 saturated heterocycles. The third-order valence-corrected chi connectivity index (χ3v) is 4.09. The number of phenols is 1. The normalized spacial score (nSPS) is 16.9. The Morgan fingerprint density at radius 2 is 1.90 bits per heavy atom. The van der Waals surface area contributed by atoms with Gasteiger partial charge >= 0.3 is 0 Å². The lowest BCUT2D eigenvalue weighted by molar-refractivity contribution is 0.166. The van der Waals surface area contributed by atoms with E-state index >= 15 is 0 Å². The van der Waals surface area contributed by atoms with Crippen LogP contribution in [0.2, 0.25) is 0 Å². The number of piperazine rings is 1. The van der Waals surface area contributed by atoms with Crippen molar-refractivity contribution in [2.45, 2.75) is 26.3 Å². The first kappa shape index (κ1) is 20.0. The van der Waals surface area contributed by atoms with Crippen LogP contribution in [-0.4, -0.2) is 36.2 Å². The minimum Gasteiger partial charge on any atom is -0.507 e. The molecule has 1 aromatic carbocycles. The predicted molar refractivity (Wildman–Crippen MR) is 92.5 cm³/mol. The van der Waals surface area contributed by atoms with Gasteiger partial charge in [0.1, 0.15) is 5.75 Å². The maximum Gasteiger partial charge on any atom is 0.123 e. The molecule has 0 saturated carbocycles. The van der Waals surface area contributed by atoms with E-state index in [1.807, 2.05) is 13.0 Å². The fraction of sp³-hybridized carbons (Fsp3) is 0.571. The molecule has 0 aromatic heterocycles. The Bertz CT molecular complexity index is 426. The molecule has 0 radical (unpaired) electrons. The van der Waals surface area contributed by atoms with Crippen LogP contribution in [0, 0.1) is 6.92 Å². The van der Waals surface area contributed by atoms with Crippen molar-refractivity contribution in [1.82, 2.24) is 10.2 Å². The number of phenolic OH excluding ortho intramolecular Hbond substituents is 1. The van der Waals surface area contributed by atoms with E-state index in [0.29, 0.717) is 11.8 Å². The standard InChI is InChI=1S/C14H21BrN2O.2ClH/c1-3-13(17-6-4-16-5-7-17)12-9-11(15)8-10(2)14(12)18;;/h8-9,13,16,18H,3-7H2,1-2H3;2*1H/t13-;;/m1../s1. The summed E-state index contributed by atoms with van der Waals surface area (Å²) in [6.07, 6.45) is 1.02. The van der Waals surface area contributed by atoms with E-state index in [0.717, 1.165) is 48.2 Å². The van der Waals surface area contributed by atoms with E-state index in [1.165, 1.54) is 0 Å². The molecule has 1 aromatic rings. The summed E-state index contributed by atoms with van der Waals surface area (Å²) in [6.45, 7) is 8.29. The van der Waals surface area contributed by atoms with Crippen molar-refractivity contribution in [3.05, 3.63) is 27.7 Å². The number of nitrogens with one attached hydrogen (secondary N) is 1. The van der Waals surface area contributed by atoms with Crippen LogP contribution < -0.4 is 5.32 Å². The molecule has 0 bridgehead atoms. The van der Waals surface area contributed by atoms with Crippen molar-refractivity contribution in [2.75, 3.05) is 26.2 Å². The average Bonchev–Trinajstić information content (AvgIpc) is 2.37. The molecule has 0 unspecified atom stereocenters. The Hall–Kier alpha value is -0.000000000000000111. The number of rotatable bonds is 3. The second kappa shape index (κ2) is 9.11. The van der Waals surface area contributed by atoms with Crippen molar-refractivity contribution in [3.8, 4) is 5.75 Å². The van der Waals surface area contributed by atoms with Gasteiger partial charge in [-0.15, -0.1) is 24.8 Å². The Kier molecular flexibility index (Phi) is 9.11. The Labute approximate surface area is 142 Å². The summed E-state index contributed by atoms with van der Waals surface area (Å²) in [5.74, 6) is 0.448. The molecule has 6 heteroatoms. The van der Waals surface area contributed by atoms with Crippen molar-refractivity contribution in [3.63, 3.8) is 0 Å². The fourth-order valence-electron chi connectivity index (χ4n) is 2.68. The molecule has 0 aliphatic carbocycles. The lowest BCUT2D eigenvalue weighted by atomic mass is 9.98.